The summed E-state index contributed by atoms with van der Waals surface area (Å²) in [5.41, 5.74) is -1.17. The molecular formula is C32H54O12. The molecule has 1 spiro atoms. The normalized spacial score (nSPS) is 57.5. The fourth-order valence-corrected chi connectivity index (χ4v) is 11.0. The lowest BCUT2D eigenvalue weighted by Crippen LogP contribution is -2.64. The number of aliphatic hydroxyl groups is 8. The van der Waals surface area contributed by atoms with Crippen molar-refractivity contribution < 1.29 is 59.8 Å². The topological polar surface area (TPSA) is 199 Å². The fourth-order valence-electron chi connectivity index (χ4n) is 11.0. The van der Waals surface area contributed by atoms with Gasteiger partial charge in [-0.15, -0.1) is 0 Å². The summed E-state index contributed by atoms with van der Waals surface area (Å²) in [6.45, 7) is 5.69. The van der Waals surface area contributed by atoms with Crippen molar-refractivity contribution in [2.45, 2.75) is 146 Å². The minimum atomic E-state index is -1.62. The van der Waals surface area contributed by atoms with Gasteiger partial charge in [-0.1, -0.05) is 20.3 Å². The predicted molar refractivity (Wildman–Crippen MR) is 154 cm³/mol. The maximum atomic E-state index is 11.3. The quantitative estimate of drug-likeness (QED) is 0.185. The molecule has 0 aromatic heterocycles. The van der Waals surface area contributed by atoms with Gasteiger partial charge in [-0.3, -0.25) is 0 Å². The van der Waals surface area contributed by atoms with E-state index in [0.29, 0.717) is 18.3 Å². The van der Waals surface area contributed by atoms with E-state index in [2.05, 4.69) is 13.8 Å². The lowest BCUT2D eigenvalue weighted by molar-refractivity contribution is -0.368. The molecule has 0 radical (unpaired) electrons. The average molecular weight is 631 g/mol. The Balaban J connectivity index is 1.20. The molecule has 4 aliphatic carbocycles. The van der Waals surface area contributed by atoms with Crippen LogP contribution >= 0.6 is 0 Å². The van der Waals surface area contributed by atoms with Crippen molar-refractivity contribution >= 4 is 0 Å². The largest absolute Gasteiger partial charge is 0.394 e. The van der Waals surface area contributed by atoms with E-state index in [4.69, 9.17) is 18.9 Å². The third-order valence-corrected chi connectivity index (χ3v) is 13.2. The molecule has 44 heavy (non-hydrogen) atoms. The monoisotopic (exact) mass is 630 g/mol. The van der Waals surface area contributed by atoms with Crippen molar-refractivity contribution in [3.05, 3.63) is 0 Å². The number of hydrogen-bond acceptors (Lipinski definition) is 12. The zero-order chi connectivity index (χ0) is 31.8. The van der Waals surface area contributed by atoms with E-state index in [9.17, 15) is 40.9 Å². The second-order valence-electron chi connectivity index (χ2n) is 15.7. The summed E-state index contributed by atoms with van der Waals surface area (Å²) in [6, 6.07) is 0. The molecule has 6 rings (SSSR count). The number of rotatable bonds is 7. The maximum absolute atomic E-state index is 11.3. The van der Waals surface area contributed by atoms with Crippen molar-refractivity contribution in [2.75, 3.05) is 19.8 Å². The van der Waals surface area contributed by atoms with E-state index in [1.807, 2.05) is 0 Å². The summed E-state index contributed by atoms with van der Waals surface area (Å²) in [5, 5.41) is 83.9. The summed E-state index contributed by atoms with van der Waals surface area (Å²) >= 11 is 0. The Bertz CT molecular complexity index is 1030. The van der Waals surface area contributed by atoms with Gasteiger partial charge >= 0.3 is 0 Å². The third-order valence-electron chi connectivity index (χ3n) is 13.2. The lowest BCUT2D eigenvalue weighted by Gasteiger charge is -2.64. The number of aliphatic hydroxyl groups excluding tert-OH is 7. The molecule has 4 saturated carbocycles. The van der Waals surface area contributed by atoms with Crippen LogP contribution in [-0.4, -0.2) is 128 Å². The first-order chi connectivity index (χ1) is 20.7. The average Bonchev–Trinajstić information content (AvgIpc) is 3.20. The molecule has 8 N–H and O–H groups in total. The van der Waals surface area contributed by atoms with E-state index in [-0.39, 0.29) is 35.4 Å². The molecular weight excluding hydrogens is 576 g/mol. The minimum Gasteiger partial charge on any atom is -0.394 e. The third kappa shape index (κ3) is 5.20. The highest BCUT2D eigenvalue weighted by atomic mass is 16.8. The highest BCUT2D eigenvalue weighted by Crippen LogP contribution is 2.72. The molecule has 0 amide bonds. The van der Waals surface area contributed by atoms with Gasteiger partial charge < -0.3 is 59.8 Å². The van der Waals surface area contributed by atoms with Crippen LogP contribution in [0.4, 0.5) is 0 Å². The van der Waals surface area contributed by atoms with Gasteiger partial charge in [0.1, 0.15) is 42.7 Å². The smallest absolute Gasteiger partial charge is 0.187 e. The van der Waals surface area contributed by atoms with Gasteiger partial charge in [-0.25, -0.2) is 0 Å². The molecule has 2 aliphatic heterocycles. The van der Waals surface area contributed by atoms with Crippen LogP contribution in [0.15, 0.2) is 0 Å². The van der Waals surface area contributed by atoms with Crippen LogP contribution in [0, 0.1) is 34.0 Å². The van der Waals surface area contributed by atoms with Crippen LogP contribution in [0.5, 0.6) is 0 Å². The molecule has 17 atom stereocenters. The van der Waals surface area contributed by atoms with Gasteiger partial charge in [0.05, 0.1) is 31.5 Å². The summed E-state index contributed by atoms with van der Waals surface area (Å²) < 4.78 is 23.9. The molecule has 2 saturated heterocycles. The highest BCUT2D eigenvalue weighted by Gasteiger charge is 2.67. The van der Waals surface area contributed by atoms with Crippen LogP contribution in [-0.2, 0) is 18.9 Å². The van der Waals surface area contributed by atoms with Crippen molar-refractivity contribution in [2.24, 2.45) is 34.0 Å². The Hall–Kier alpha value is -0.480. The van der Waals surface area contributed by atoms with Gasteiger partial charge in [0.2, 0.25) is 0 Å². The molecule has 0 aromatic rings. The summed E-state index contributed by atoms with van der Waals surface area (Å²) in [7, 11) is 0. The van der Waals surface area contributed by atoms with Crippen LogP contribution in [0.25, 0.3) is 0 Å². The lowest BCUT2D eigenvalue weighted by atomic mass is 9.41. The first-order valence-corrected chi connectivity index (χ1v) is 16.6. The van der Waals surface area contributed by atoms with E-state index in [0.717, 1.165) is 51.4 Å². The van der Waals surface area contributed by atoms with Gasteiger partial charge in [0.15, 0.2) is 12.6 Å². The van der Waals surface area contributed by atoms with Crippen LogP contribution < -0.4 is 0 Å². The SMILES string of the molecule is C[C@@H]1O[C@@H](O[C@H]2[C@H](OC[C@]3(C)CCC[C@]4(C)[C@@H]3CC[C@@]35C[C@@H](CC[C@H]34)[C@](O)(CO)C5)O[C@H](CO)[C@@H](O)[C@@H]2O)[C@H](O)[C@H](O)[C@H]1O. The molecule has 2 bridgehead atoms. The van der Waals surface area contributed by atoms with Gasteiger partial charge in [-0.2, -0.15) is 0 Å². The number of ether oxygens (including phenoxy) is 4. The van der Waals surface area contributed by atoms with Gasteiger partial charge in [-0.05, 0) is 92.3 Å². The minimum absolute atomic E-state index is 0.0279. The van der Waals surface area contributed by atoms with E-state index in [1.165, 1.54) is 6.92 Å². The Kier molecular flexibility index (Phi) is 9.03. The predicted octanol–water partition coefficient (Wildman–Crippen LogP) is -0.209. The standard InChI is InChI=1S/C32H54O12/c1-16-21(35)23(37)25(39)27(42-16)44-26-24(38)22(36)18(12-33)43-28(26)41-15-29(2)8-4-9-30(3)19(29)7-10-31-11-17(5-6-20(30)31)32(40,13-31)14-34/h16-28,33-40H,4-15H2,1-3H3/t16-,17+,18+,19+,20-,21-,22+,23+,24-,25+,26+,27-,28+,29-,30+,31-,32+/m0/s1. The zero-order valence-electron chi connectivity index (χ0n) is 26.2. The molecule has 12 nitrogen and oxygen atoms in total. The maximum Gasteiger partial charge on any atom is 0.187 e. The van der Waals surface area contributed by atoms with Crippen LogP contribution in [0.2, 0.25) is 0 Å². The molecule has 6 aliphatic rings. The Morgan fingerprint density at radius 2 is 1.55 bits per heavy atom. The molecule has 6 fully saturated rings. The first-order valence-electron chi connectivity index (χ1n) is 16.6. The molecule has 0 unspecified atom stereocenters. The van der Waals surface area contributed by atoms with Gasteiger partial charge in [0, 0.05) is 0 Å². The van der Waals surface area contributed by atoms with Crippen LogP contribution in [0.3, 0.4) is 0 Å². The molecule has 254 valence electrons. The fraction of sp³-hybridized carbons (Fsp3) is 1.00. The number of hydrogen-bond donors (Lipinski definition) is 8. The Labute approximate surface area is 259 Å². The van der Waals surface area contributed by atoms with Crippen molar-refractivity contribution in [1.82, 2.24) is 0 Å². The first kappa shape index (κ1) is 33.4. The van der Waals surface area contributed by atoms with Gasteiger partial charge in [0.25, 0.3) is 0 Å². The van der Waals surface area contributed by atoms with E-state index < -0.39 is 73.6 Å². The highest BCUT2D eigenvalue weighted by molar-refractivity contribution is 5.17. The zero-order valence-corrected chi connectivity index (χ0v) is 26.2. The van der Waals surface area contributed by atoms with Crippen molar-refractivity contribution in [3.8, 4) is 0 Å². The summed E-state index contributed by atoms with van der Waals surface area (Å²) in [5.74, 6) is 0.923. The Morgan fingerprint density at radius 1 is 0.795 bits per heavy atom. The number of fused-ring (bicyclic) bond motifs is 3. The summed E-state index contributed by atoms with van der Waals surface area (Å²) in [4.78, 5) is 0. The molecule has 12 heteroatoms. The van der Waals surface area contributed by atoms with Crippen molar-refractivity contribution in [1.29, 1.82) is 0 Å². The second-order valence-corrected chi connectivity index (χ2v) is 15.7. The van der Waals surface area contributed by atoms with E-state index >= 15 is 0 Å². The molecule has 2 heterocycles. The Morgan fingerprint density at radius 3 is 2.25 bits per heavy atom. The van der Waals surface area contributed by atoms with E-state index in [1.54, 1.807) is 0 Å². The second kappa shape index (κ2) is 11.9. The van der Waals surface area contributed by atoms with Crippen LogP contribution in [0.1, 0.15) is 78.6 Å². The van der Waals surface area contributed by atoms with Crippen molar-refractivity contribution in [3.63, 3.8) is 0 Å². The molecule has 0 aromatic carbocycles. The summed E-state index contributed by atoms with van der Waals surface area (Å²) in [6.07, 6.45) is -4.90.